The molecule has 0 unspecified atom stereocenters. The summed E-state index contributed by atoms with van der Waals surface area (Å²) in [5, 5.41) is 10.6. The Morgan fingerprint density at radius 3 is 3.00 bits per heavy atom. The summed E-state index contributed by atoms with van der Waals surface area (Å²) in [7, 11) is 0. The topological polar surface area (TPSA) is 70.7 Å². The summed E-state index contributed by atoms with van der Waals surface area (Å²) in [6.45, 7) is 1.88. The van der Waals surface area contributed by atoms with Crippen LogP contribution in [0.3, 0.4) is 0 Å². The minimum atomic E-state index is -0.151. The number of hydrogen-bond donors (Lipinski definition) is 2. The largest absolute Gasteiger partial charge is 0.322 e. The van der Waals surface area contributed by atoms with Crippen LogP contribution in [0.25, 0.3) is 10.9 Å². The van der Waals surface area contributed by atoms with E-state index in [9.17, 15) is 4.79 Å². The van der Waals surface area contributed by atoms with Crippen LogP contribution >= 0.6 is 0 Å². The maximum absolute atomic E-state index is 12.1. The fourth-order valence-electron chi connectivity index (χ4n) is 1.90. The smallest absolute Gasteiger partial charge is 0.255 e. The lowest BCUT2D eigenvalue weighted by Gasteiger charge is -2.05. The van der Waals surface area contributed by atoms with Gasteiger partial charge in [0.1, 0.15) is 0 Å². The monoisotopic (exact) mass is 252 g/mol. The second-order valence-electron chi connectivity index (χ2n) is 4.31. The van der Waals surface area contributed by atoms with E-state index in [2.05, 4.69) is 20.5 Å². The van der Waals surface area contributed by atoms with Gasteiger partial charge < -0.3 is 5.32 Å². The van der Waals surface area contributed by atoms with Gasteiger partial charge in [-0.3, -0.25) is 14.9 Å². The van der Waals surface area contributed by atoms with Crippen LogP contribution in [-0.2, 0) is 0 Å². The van der Waals surface area contributed by atoms with Crippen LogP contribution in [0.2, 0.25) is 0 Å². The van der Waals surface area contributed by atoms with Gasteiger partial charge in [-0.2, -0.15) is 5.10 Å². The highest BCUT2D eigenvalue weighted by atomic mass is 16.1. The molecule has 0 fully saturated rings. The predicted molar refractivity (Wildman–Crippen MR) is 73.0 cm³/mol. The molecule has 5 heteroatoms. The van der Waals surface area contributed by atoms with Crippen LogP contribution < -0.4 is 5.32 Å². The number of pyridine rings is 1. The average Bonchev–Trinajstić information content (AvgIpc) is 2.85. The number of H-pyrrole nitrogens is 1. The van der Waals surface area contributed by atoms with E-state index in [1.54, 1.807) is 30.6 Å². The van der Waals surface area contributed by atoms with Crippen LogP contribution in [0.15, 0.2) is 42.7 Å². The molecule has 0 saturated carbocycles. The van der Waals surface area contributed by atoms with Gasteiger partial charge in [0.2, 0.25) is 0 Å². The van der Waals surface area contributed by atoms with Gasteiger partial charge in [-0.15, -0.1) is 0 Å². The van der Waals surface area contributed by atoms with Crippen molar-refractivity contribution in [2.45, 2.75) is 6.92 Å². The molecule has 1 amide bonds. The van der Waals surface area contributed by atoms with Crippen LogP contribution in [0, 0.1) is 6.92 Å². The van der Waals surface area contributed by atoms with E-state index in [0.717, 1.165) is 22.3 Å². The van der Waals surface area contributed by atoms with E-state index < -0.39 is 0 Å². The Kier molecular flexibility index (Phi) is 2.72. The quantitative estimate of drug-likeness (QED) is 0.736. The first-order chi connectivity index (χ1) is 9.22. The second kappa shape index (κ2) is 4.53. The zero-order valence-electron chi connectivity index (χ0n) is 10.3. The fourth-order valence-corrected chi connectivity index (χ4v) is 1.90. The van der Waals surface area contributed by atoms with E-state index in [4.69, 9.17) is 0 Å². The Balaban J connectivity index is 1.87. The maximum atomic E-state index is 12.1. The third-order valence-corrected chi connectivity index (χ3v) is 2.86. The highest BCUT2D eigenvalue weighted by molar-refractivity contribution is 6.06. The molecule has 2 heterocycles. The summed E-state index contributed by atoms with van der Waals surface area (Å²) in [4.78, 5) is 16.2. The van der Waals surface area contributed by atoms with Gasteiger partial charge in [0.05, 0.1) is 11.7 Å². The van der Waals surface area contributed by atoms with Gasteiger partial charge in [-0.1, -0.05) is 6.07 Å². The van der Waals surface area contributed by atoms with Crippen molar-refractivity contribution in [1.29, 1.82) is 0 Å². The Bertz CT molecular complexity index is 748. The molecule has 19 heavy (non-hydrogen) atoms. The molecule has 1 aromatic carbocycles. The number of aromatic nitrogens is 3. The average molecular weight is 252 g/mol. The number of carbonyl (C=O) groups is 1. The number of aryl methyl sites for hydroxylation is 1. The van der Waals surface area contributed by atoms with Crippen molar-refractivity contribution in [3.63, 3.8) is 0 Å². The van der Waals surface area contributed by atoms with Gasteiger partial charge in [0.15, 0.2) is 0 Å². The molecule has 0 radical (unpaired) electrons. The lowest BCUT2D eigenvalue weighted by atomic mass is 10.1. The molecule has 94 valence electrons. The van der Waals surface area contributed by atoms with Crippen LogP contribution in [-0.4, -0.2) is 21.1 Å². The molecule has 0 atom stereocenters. The van der Waals surface area contributed by atoms with Crippen molar-refractivity contribution in [2.24, 2.45) is 0 Å². The molecule has 0 aliphatic carbocycles. The Labute approximate surface area is 109 Å². The summed E-state index contributed by atoms with van der Waals surface area (Å²) >= 11 is 0. The van der Waals surface area contributed by atoms with Crippen molar-refractivity contribution < 1.29 is 4.79 Å². The summed E-state index contributed by atoms with van der Waals surface area (Å²) < 4.78 is 0. The van der Waals surface area contributed by atoms with E-state index >= 15 is 0 Å². The molecular weight excluding hydrogens is 240 g/mol. The van der Waals surface area contributed by atoms with Crippen molar-refractivity contribution in [3.8, 4) is 0 Å². The summed E-state index contributed by atoms with van der Waals surface area (Å²) in [6.07, 6.45) is 3.40. The molecule has 0 saturated heterocycles. The lowest BCUT2D eigenvalue weighted by Crippen LogP contribution is -2.11. The van der Waals surface area contributed by atoms with Crippen molar-refractivity contribution in [2.75, 3.05) is 5.32 Å². The van der Waals surface area contributed by atoms with Crippen LogP contribution in [0.1, 0.15) is 16.1 Å². The SMILES string of the molecule is Cc1cc(NC(=O)c2ccc3cn[nH]c3c2)ccn1. The summed E-state index contributed by atoms with van der Waals surface area (Å²) in [6, 6.07) is 9.02. The number of amides is 1. The molecule has 2 aromatic heterocycles. The maximum Gasteiger partial charge on any atom is 0.255 e. The minimum absolute atomic E-state index is 0.151. The van der Waals surface area contributed by atoms with Gasteiger partial charge in [0.25, 0.3) is 5.91 Å². The third kappa shape index (κ3) is 2.30. The predicted octanol–water partition coefficient (Wildman–Crippen LogP) is 2.52. The molecule has 3 rings (SSSR count). The number of fused-ring (bicyclic) bond motifs is 1. The van der Waals surface area contributed by atoms with Gasteiger partial charge >= 0.3 is 0 Å². The Morgan fingerprint density at radius 1 is 1.26 bits per heavy atom. The molecule has 0 bridgehead atoms. The third-order valence-electron chi connectivity index (χ3n) is 2.86. The molecule has 2 N–H and O–H groups in total. The standard InChI is InChI=1S/C14H12N4O/c1-9-6-12(4-5-15-9)17-14(19)10-2-3-11-8-16-18-13(11)7-10/h2-8H,1H3,(H,16,18)(H,15,17,19). The van der Waals surface area contributed by atoms with Crippen molar-refractivity contribution in [3.05, 3.63) is 54.0 Å². The number of benzene rings is 1. The number of aromatic amines is 1. The van der Waals surface area contributed by atoms with E-state index in [1.807, 2.05) is 19.1 Å². The van der Waals surface area contributed by atoms with E-state index in [-0.39, 0.29) is 5.91 Å². The molecule has 3 aromatic rings. The van der Waals surface area contributed by atoms with Gasteiger partial charge in [-0.25, -0.2) is 0 Å². The Morgan fingerprint density at radius 2 is 2.16 bits per heavy atom. The van der Waals surface area contributed by atoms with Gasteiger partial charge in [-0.05, 0) is 31.2 Å². The van der Waals surface area contributed by atoms with Crippen LogP contribution in [0.5, 0.6) is 0 Å². The molecule has 5 nitrogen and oxygen atoms in total. The number of rotatable bonds is 2. The lowest BCUT2D eigenvalue weighted by molar-refractivity contribution is 0.102. The number of carbonyl (C=O) groups excluding carboxylic acids is 1. The number of nitrogens with zero attached hydrogens (tertiary/aromatic N) is 2. The van der Waals surface area contributed by atoms with Crippen molar-refractivity contribution in [1.82, 2.24) is 15.2 Å². The summed E-state index contributed by atoms with van der Waals surface area (Å²) in [5.74, 6) is -0.151. The number of hydrogen-bond acceptors (Lipinski definition) is 3. The normalized spacial score (nSPS) is 10.6. The summed E-state index contributed by atoms with van der Waals surface area (Å²) in [5.41, 5.74) is 3.04. The molecule has 0 aliphatic heterocycles. The van der Waals surface area contributed by atoms with Crippen molar-refractivity contribution >= 4 is 22.5 Å². The zero-order chi connectivity index (χ0) is 13.2. The van der Waals surface area contributed by atoms with Gasteiger partial charge in [0, 0.05) is 28.5 Å². The highest BCUT2D eigenvalue weighted by Gasteiger charge is 2.07. The van der Waals surface area contributed by atoms with E-state index in [1.165, 1.54) is 0 Å². The minimum Gasteiger partial charge on any atom is -0.322 e. The second-order valence-corrected chi connectivity index (χ2v) is 4.31. The zero-order valence-corrected chi connectivity index (χ0v) is 10.3. The molecule has 0 aliphatic rings. The first kappa shape index (κ1) is 11.4. The molecule has 0 spiro atoms. The first-order valence-corrected chi connectivity index (χ1v) is 5.89. The highest BCUT2D eigenvalue weighted by Crippen LogP contribution is 2.15. The van der Waals surface area contributed by atoms with E-state index in [0.29, 0.717) is 5.56 Å². The molecular formula is C14H12N4O. The Hall–Kier alpha value is -2.69. The fraction of sp³-hybridized carbons (Fsp3) is 0.0714. The first-order valence-electron chi connectivity index (χ1n) is 5.89. The van der Waals surface area contributed by atoms with Crippen LogP contribution in [0.4, 0.5) is 5.69 Å². The number of anilines is 1. The number of nitrogens with one attached hydrogen (secondary N) is 2.